The summed E-state index contributed by atoms with van der Waals surface area (Å²) in [7, 11) is 1.94. The molecular weight excluding hydrogens is 307 g/mol. The lowest BCUT2D eigenvalue weighted by Gasteiger charge is -2.15. The number of rotatable bonds is 5. The van der Waals surface area contributed by atoms with Crippen molar-refractivity contribution >= 4 is 23.2 Å². The number of hydrogen-bond donors (Lipinski definition) is 1. The molecule has 1 heterocycles. The maximum absolute atomic E-state index is 6.23. The van der Waals surface area contributed by atoms with Crippen LogP contribution in [0.3, 0.4) is 0 Å². The molecule has 1 atom stereocenters. The summed E-state index contributed by atoms with van der Waals surface area (Å²) < 4.78 is 1.85. The highest BCUT2D eigenvalue weighted by Gasteiger charge is 2.28. The first kappa shape index (κ1) is 14.8. The molecular formula is C15H18Cl2N4. The Morgan fingerprint density at radius 3 is 2.86 bits per heavy atom. The summed E-state index contributed by atoms with van der Waals surface area (Å²) in [6.07, 6.45) is 2.43. The Hall–Kier alpha value is -1.10. The van der Waals surface area contributed by atoms with E-state index in [2.05, 4.69) is 22.3 Å². The molecule has 1 aromatic carbocycles. The van der Waals surface area contributed by atoms with Crippen molar-refractivity contribution in [2.24, 2.45) is 7.05 Å². The van der Waals surface area contributed by atoms with Gasteiger partial charge in [0.15, 0.2) is 5.82 Å². The Morgan fingerprint density at radius 2 is 2.14 bits per heavy atom. The molecule has 1 saturated carbocycles. The van der Waals surface area contributed by atoms with Gasteiger partial charge < -0.3 is 5.32 Å². The van der Waals surface area contributed by atoms with Gasteiger partial charge in [-0.15, -0.1) is 0 Å². The molecule has 0 spiro atoms. The molecule has 1 N–H and O–H groups in total. The van der Waals surface area contributed by atoms with Gasteiger partial charge in [-0.25, -0.2) is 4.98 Å². The molecule has 1 aromatic heterocycles. The number of nitrogens with zero attached hydrogens (tertiary/aromatic N) is 3. The number of hydrogen-bond acceptors (Lipinski definition) is 3. The maximum Gasteiger partial charge on any atom is 0.154 e. The Labute approximate surface area is 134 Å². The highest BCUT2D eigenvalue weighted by Crippen LogP contribution is 2.38. The summed E-state index contributed by atoms with van der Waals surface area (Å²) in [6, 6.07) is 5.61. The van der Waals surface area contributed by atoms with Gasteiger partial charge in [0.1, 0.15) is 5.82 Å². The molecule has 0 bridgehead atoms. The van der Waals surface area contributed by atoms with Crippen LogP contribution in [0, 0.1) is 0 Å². The maximum atomic E-state index is 6.23. The van der Waals surface area contributed by atoms with Crippen molar-refractivity contribution in [1.82, 2.24) is 20.1 Å². The Bertz CT molecular complexity index is 649. The largest absolute Gasteiger partial charge is 0.303 e. The van der Waals surface area contributed by atoms with Gasteiger partial charge in [-0.05, 0) is 43.5 Å². The average Bonchev–Trinajstić information content (AvgIpc) is 3.23. The number of aromatic nitrogens is 3. The average molecular weight is 325 g/mol. The zero-order valence-electron chi connectivity index (χ0n) is 12.1. The molecule has 0 saturated heterocycles. The first-order chi connectivity index (χ1) is 10.0. The van der Waals surface area contributed by atoms with Crippen LogP contribution in [-0.4, -0.2) is 14.8 Å². The van der Waals surface area contributed by atoms with Crippen LogP contribution in [0.4, 0.5) is 0 Å². The zero-order chi connectivity index (χ0) is 15.0. The van der Waals surface area contributed by atoms with Crippen LogP contribution in [0.5, 0.6) is 0 Å². The number of benzene rings is 1. The molecule has 1 aliphatic carbocycles. The second-order valence-electron chi connectivity index (χ2n) is 5.55. The minimum absolute atomic E-state index is 0.0947. The van der Waals surface area contributed by atoms with Crippen molar-refractivity contribution < 1.29 is 0 Å². The molecule has 1 aliphatic rings. The van der Waals surface area contributed by atoms with E-state index < -0.39 is 0 Å². The van der Waals surface area contributed by atoms with Crippen molar-refractivity contribution in [2.45, 2.75) is 38.3 Å². The van der Waals surface area contributed by atoms with Crippen molar-refractivity contribution in [3.63, 3.8) is 0 Å². The van der Waals surface area contributed by atoms with Gasteiger partial charge in [-0.3, -0.25) is 4.68 Å². The minimum Gasteiger partial charge on any atom is -0.303 e. The van der Waals surface area contributed by atoms with E-state index in [4.69, 9.17) is 23.2 Å². The SMILES string of the molecule is C[C@H](NCc1nc(C2CC2)nn1C)c1cc(Cl)ccc1Cl. The third kappa shape index (κ3) is 3.39. The van der Waals surface area contributed by atoms with Gasteiger partial charge in [0.2, 0.25) is 0 Å². The van der Waals surface area contributed by atoms with E-state index in [0.29, 0.717) is 17.5 Å². The van der Waals surface area contributed by atoms with Gasteiger partial charge in [0, 0.05) is 29.1 Å². The summed E-state index contributed by atoms with van der Waals surface area (Å²) in [6.45, 7) is 2.72. The fourth-order valence-electron chi connectivity index (χ4n) is 2.31. The van der Waals surface area contributed by atoms with Crippen molar-refractivity contribution in [2.75, 3.05) is 0 Å². The normalized spacial score (nSPS) is 16.2. The lowest BCUT2D eigenvalue weighted by atomic mass is 10.1. The van der Waals surface area contributed by atoms with Crippen LogP contribution < -0.4 is 5.32 Å². The zero-order valence-corrected chi connectivity index (χ0v) is 13.6. The topological polar surface area (TPSA) is 42.7 Å². The first-order valence-electron chi connectivity index (χ1n) is 7.12. The molecule has 2 aromatic rings. The van der Waals surface area contributed by atoms with Crippen LogP contribution in [0.15, 0.2) is 18.2 Å². The molecule has 112 valence electrons. The standard InChI is InChI=1S/C15H18Cl2N4/c1-9(12-7-11(16)5-6-13(12)17)18-8-14-19-15(10-3-4-10)20-21(14)2/h5-7,9-10,18H,3-4,8H2,1-2H3/t9-/m0/s1. The molecule has 1 fully saturated rings. The highest BCUT2D eigenvalue weighted by molar-refractivity contribution is 6.33. The van der Waals surface area contributed by atoms with Gasteiger partial charge in [-0.2, -0.15) is 5.10 Å². The summed E-state index contributed by atoms with van der Waals surface area (Å²) in [5, 5.41) is 9.31. The minimum atomic E-state index is 0.0947. The van der Waals surface area contributed by atoms with Gasteiger partial charge in [0.25, 0.3) is 0 Å². The van der Waals surface area contributed by atoms with Crippen LogP contribution in [0.1, 0.15) is 48.9 Å². The van der Waals surface area contributed by atoms with Gasteiger partial charge >= 0.3 is 0 Å². The second-order valence-corrected chi connectivity index (χ2v) is 6.40. The predicted octanol–water partition coefficient (Wildman–Crippen LogP) is 3.85. The van der Waals surface area contributed by atoms with E-state index in [9.17, 15) is 0 Å². The lowest BCUT2D eigenvalue weighted by molar-refractivity contribution is 0.540. The molecule has 0 unspecified atom stereocenters. The van der Waals surface area contributed by atoms with Crippen LogP contribution >= 0.6 is 23.2 Å². The first-order valence-corrected chi connectivity index (χ1v) is 7.88. The third-order valence-electron chi connectivity index (χ3n) is 3.80. The monoisotopic (exact) mass is 324 g/mol. The molecule has 4 nitrogen and oxygen atoms in total. The van der Waals surface area contributed by atoms with Crippen LogP contribution in [0.25, 0.3) is 0 Å². The molecule has 6 heteroatoms. The smallest absolute Gasteiger partial charge is 0.154 e. The van der Waals surface area contributed by atoms with Gasteiger partial charge in [0.05, 0.1) is 6.54 Å². The molecule has 0 aliphatic heterocycles. The Morgan fingerprint density at radius 1 is 1.38 bits per heavy atom. The number of nitrogens with one attached hydrogen (secondary N) is 1. The van der Waals surface area contributed by atoms with E-state index in [-0.39, 0.29) is 6.04 Å². The van der Waals surface area contributed by atoms with E-state index >= 15 is 0 Å². The van der Waals surface area contributed by atoms with Crippen molar-refractivity contribution in [3.05, 3.63) is 45.5 Å². The molecule has 0 amide bonds. The predicted molar refractivity (Wildman–Crippen MR) is 84.7 cm³/mol. The summed E-state index contributed by atoms with van der Waals surface area (Å²) >= 11 is 12.3. The number of aryl methyl sites for hydroxylation is 1. The van der Waals surface area contributed by atoms with Crippen LogP contribution in [0.2, 0.25) is 10.0 Å². The van der Waals surface area contributed by atoms with E-state index in [1.54, 1.807) is 6.07 Å². The fraction of sp³-hybridized carbons (Fsp3) is 0.467. The summed E-state index contributed by atoms with van der Waals surface area (Å²) in [4.78, 5) is 4.61. The fourth-order valence-corrected chi connectivity index (χ4v) is 2.77. The van der Waals surface area contributed by atoms with Gasteiger partial charge in [-0.1, -0.05) is 23.2 Å². The Balaban J connectivity index is 1.67. The van der Waals surface area contributed by atoms with Crippen molar-refractivity contribution in [3.8, 4) is 0 Å². The highest BCUT2D eigenvalue weighted by atomic mass is 35.5. The molecule has 21 heavy (non-hydrogen) atoms. The lowest BCUT2D eigenvalue weighted by Crippen LogP contribution is -2.20. The molecule has 0 radical (unpaired) electrons. The van der Waals surface area contributed by atoms with E-state index in [1.165, 1.54) is 12.8 Å². The Kier molecular flexibility index (Phi) is 4.20. The second kappa shape index (κ2) is 5.95. The summed E-state index contributed by atoms with van der Waals surface area (Å²) in [5.74, 6) is 2.49. The van der Waals surface area contributed by atoms with Crippen molar-refractivity contribution in [1.29, 1.82) is 0 Å². The van der Waals surface area contributed by atoms with E-state index in [0.717, 1.165) is 22.2 Å². The number of halogens is 2. The molecule has 3 rings (SSSR count). The summed E-state index contributed by atoms with van der Waals surface area (Å²) in [5.41, 5.74) is 0.994. The van der Waals surface area contributed by atoms with E-state index in [1.807, 2.05) is 23.9 Å². The van der Waals surface area contributed by atoms with Crippen LogP contribution in [-0.2, 0) is 13.6 Å². The quantitative estimate of drug-likeness (QED) is 0.908. The third-order valence-corrected chi connectivity index (χ3v) is 4.38.